The van der Waals surface area contributed by atoms with Crippen molar-refractivity contribution in [3.8, 4) is 11.5 Å². The quantitative estimate of drug-likeness (QED) is 0.416. The highest BCUT2D eigenvalue weighted by Gasteiger charge is 2.27. The fourth-order valence-corrected chi connectivity index (χ4v) is 3.71. The van der Waals surface area contributed by atoms with E-state index in [0.717, 1.165) is 0 Å². The predicted octanol–water partition coefficient (Wildman–Crippen LogP) is 0.545. The molecule has 1 aliphatic heterocycles. The summed E-state index contributed by atoms with van der Waals surface area (Å²) in [5, 5.41) is 0. The van der Waals surface area contributed by atoms with Crippen LogP contribution >= 0.6 is 0 Å². The van der Waals surface area contributed by atoms with Gasteiger partial charge < -0.3 is 9.47 Å². The third kappa shape index (κ3) is 5.80. The van der Waals surface area contributed by atoms with Crippen LogP contribution in [0, 0.1) is 0 Å². The molecule has 0 radical (unpaired) electrons. The summed E-state index contributed by atoms with van der Waals surface area (Å²) in [6.07, 6.45) is -1.15. The van der Waals surface area contributed by atoms with Crippen LogP contribution in [0.4, 0.5) is 0 Å². The van der Waals surface area contributed by atoms with Gasteiger partial charge in [-0.05, 0) is 31.2 Å². The van der Waals surface area contributed by atoms with Crippen molar-refractivity contribution >= 4 is 27.6 Å². The average molecular weight is 447 g/mol. The number of ether oxygens (including phenoxy) is 2. The number of rotatable bonds is 7. The molecule has 1 atom stereocenters. The Kier molecular flexibility index (Phi) is 6.88. The van der Waals surface area contributed by atoms with E-state index in [0.29, 0.717) is 17.1 Å². The van der Waals surface area contributed by atoms with Crippen molar-refractivity contribution in [2.75, 3.05) is 13.2 Å². The molecule has 0 fully saturated rings. The summed E-state index contributed by atoms with van der Waals surface area (Å²) in [6, 6.07) is 12.3. The Morgan fingerprint density at radius 3 is 2.35 bits per heavy atom. The number of amides is 2. The SMILES string of the molecule is CC(=O)c1ccc(S(=O)(=O)NCCC(=O)NNC(=O)C2COc3ccccc3O2)cc1. The first-order valence-corrected chi connectivity index (χ1v) is 10.8. The van der Waals surface area contributed by atoms with E-state index in [1.807, 2.05) is 0 Å². The number of ketones is 1. The van der Waals surface area contributed by atoms with E-state index in [9.17, 15) is 22.8 Å². The second-order valence-electron chi connectivity index (χ2n) is 6.63. The Balaban J connectivity index is 1.42. The van der Waals surface area contributed by atoms with Crippen LogP contribution < -0.4 is 25.0 Å². The number of carbonyl (C=O) groups excluding carboxylic acids is 3. The van der Waals surface area contributed by atoms with Gasteiger partial charge in [-0.25, -0.2) is 13.1 Å². The molecule has 0 saturated heterocycles. The lowest BCUT2D eigenvalue weighted by Gasteiger charge is -2.25. The van der Waals surface area contributed by atoms with Gasteiger partial charge in [-0.15, -0.1) is 0 Å². The molecule has 2 aromatic carbocycles. The fourth-order valence-electron chi connectivity index (χ4n) is 2.67. The summed E-state index contributed by atoms with van der Waals surface area (Å²) in [6.45, 7) is 1.18. The normalized spacial score (nSPS) is 15.1. The van der Waals surface area contributed by atoms with Crippen molar-refractivity contribution in [1.29, 1.82) is 0 Å². The Morgan fingerprint density at radius 2 is 1.68 bits per heavy atom. The first-order valence-electron chi connectivity index (χ1n) is 9.34. The van der Waals surface area contributed by atoms with Crippen molar-refractivity contribution in [2.45, 2.75) is 24.3 Å². The number of benzene rings is 2. The second kappa shape index (κ2) is 9.58. The number of hydrogen-bond acceptors (Lipinski definition) is 7. The highest BCUT2D eigenvalue weighted by Crippen LogP contribution is 2.30. The van der Waals surface area contributed by atoms with Crippen LogP contribution in [0.3, 0.4) is 0 Å². The molecule has 3 N–H and O–H groups in total. The highest BCUT2D eigenvalue weighted by molar-refractivity contribution is 7.89. The van der Waals surface area contributed by atoms with Crippen LogP contribution in [0.5, 0.6) is 11.5 Å². The van der Waals surface area contributed by atoms with Gasteiger partial charge in [-0.2, -0.15) is 0 Å². The number of fused-ring (bicyclic) bond motifs is 1. The lowest BCUT2D eigenvalue weighted by atomic mass is 10.2. The third-order valence-electron chi connectivity index (χ3n) is 4.34. The van der Waals surface area contributed by atoms with Crippen LogP contribution in [0.2, 0.25) is 0 Å². The molecule has 0 aromatic heterocycles. The molecule has 0 spiro atoms. The van der Waals surface area contributed by atoms with Crippen molar-refractivity contribution in [3.05, 3.63) is 54.1 Å². The minimum atomic E-state index is -3.84. The van der Waals surface area contributed by atoms with E-state index in [4.69, 9.17) is 9.47 Å². The van der Waals surface area contributed by atoms with Crippen molar-refractivity contribution in [3.63, 3.8) is 0 Å². The van der Waals surface area contributed by atoms with E-state index in [1.165, 1.54) is 31.2 Å². The van der Waals surface area contributed by atoms with Gasteiger partial charge in [0.05, 0.1) is 4.90 Å². The van der Waals surface area contributed by atoms with Gasteiger partial charge in [0.2, 0.25) is 22.0 Å². The second-order valence-corrected chi connectivity index (χ2v) is 8.40. The molecule has 0 aliphatic carbocycles. The van der Waals surface area contributed by atoms with Crippen LogP contribution in [0.15, 0.2) is 53.4 Å². The molecule has 1 unspecified atom stereocenters. The summed E-state index contributed by atoms with van der Waals surface area (Å²) < 4.78 is 37.7. The van der Waals surface area contributed by atoms with Crippen LogP contribution in [0.1, 0.15) is 23.7 Å². The van der Waals surface area contributed by atoms with Gasteiger partial charge >= 0.3 is 0 Å². The number of hydrazine groups is 1. The van der Waals surface area contributed by atoms with Gasteiger partial charge in [0.1, 0.15) is 6.61 Å². The fraction of sp³-hybridized carbons (Fsp3) is 0.250. The van der Waals surface area contributed by atoms with Gasteiger partial charge in [0, 0.05) is 18.5 Å². The van der Waals surface area contributed by atoms with Crippen LogP contribution in [-0.4, -0.2) is 45.3 Å². The largest absolute Gasteiger partial charge is 0.485 e. The molecular weight excluding hydrogens is 426 g/mol. The van der Waals surface area contributed by atoms with Gasteiger partial charge in [0.15, 0.2) is 17.3 Å². The molecule has 0 bridgehead atoms. The summed E-state index contributed by atoms with van der Waals surface area (Å²) in [5.41, 5.74) is 4.82. The number of para-hydroxylation sites is 2. The van der Waals surface area contributed by atoms with Crippen LogP contribution in [0.25, 0.3) is 0 Å². The topological polar surface area (TPSA) is 140 Å². The number of nitrogens with one attached hydrogen (secondary N) is 3. The maximum absolute atomic E-state index is 12.2. The summed E-state index contributed by atoms with van der Waals surface area (Å²) in [7, 11) is -3.84. The van der Waals surface area contributed by atoms with E-state index in [-0.39, 0.29) is 30.3 Å². The number of carbonyl (C=O) groups is 3. The van der Waals surface area contributed by atoms with E-state index in [1.54, 1.807) is 24.3 Å². The Morgan fingerprint density at radius 1 is 1.00 bits per heavy atom. The van der Waals surface area contributed by atoms with E-state index < -0.39 is 27.9 Å². The molecule has 1 aliphatic rings. The number of hydrogen-bond donors (Lipinski definition) is 3. The standard InChI is InChI=1S/C20H21N3O7S/c1-13(24)14-6-8-15(9-7-14)31(27,28)21-11-10-19(25)22-23-20(26)18-12-29-16-4-2-3-5-17(16)30-18/h2-9,18,21H,10-12H2,1H3,(H,22,25)(H,23,26). The third-order valence-corrected chi connectivity index (χ3v) is 5.82. The van der Waals surface area contributed by atoms with E-state index >= 15 is 0 Å². The zero-order chi connectivity index (χ0) is 22.4. The lowest BCUT2D eigenvalue weighted by molar-refractivity contribution is -0.135. The van der Waals surface area contributed by atoms with Crippen molar-refractivity contribution < 1.29 is 32.3 Å². The van der Waals surface area contributed by atoms with Crippen molar-refractivity contribution in [2.24, 2.45) is 0 Å². The molecule has 164 valence electrons. The molecule has 11 heteroatoms. The zero-order valence-corrected chi connectivity index (χ0v) is 17.4. The number of sulfonamides is 1. The summed E-state index contributed by atoms with van der Waals surface area (Å²) in [4.78, 5) is 35.3. The Labute approximate surface area is 178 Å². The molecule has 0 saturated carbocycles. The monoisotopic (exact) mass is 447 g/mol. The lowest BCUT2D eigenvalue weighted by Crippen LogP contribution is -2.51. The van der Waals surface area contributed by atoms with Crippen molar-refractivity contribution in [1.82, 2.24) is 15.6 Å². The maximum atomic E-state index is 12.2. The maximum Gasteiger partial charge on any atom is 0.283 e. The zero-order valence-electron chi connectivity index (χ0n) is 16.6. The first-order chi connectivity index (χ1) is 14.8. The van der Waals surface area contributed by atoms with E-state index in [2.05, 4.69) is 15.6 Å². The smallest absolute Gasteiger partial charge is 0.283 e. The Bertz CT molecular complexity index is 1080. The molecule has 2 aromatic rings. The molecule has 3 rings (SSSR count). The molecule has 31 heavy (non-hydrogen) atoms. The average Bonchev–Trinajstić information content (AvgIpc) is 2.77. The molecular formula is C20H21N3O7S. The highest BCUT2D eigenvalue weighted by atomic mass is 32.2. The first kappa shape index (κ1) is 22.2. The van der Waals surface area contributed by atoms with Gasteiger partial charge in [-0.3, -0.25) is 25.2 Å². The van der Waals surface area contributed by atoms with Crippen LogP contribution in [-0.2, 0) is 19.6 Å². The predicted molar refractivity (Wildman–Crippen MR) is 109 cm³/mol. The molecule has 1 heterocycles. The Hall–Kier alpha value is -3.44. The summed E-state index contributed by atoms with van der Waals surface area (Å²) >= 11 is 0. The minimum Gasteiger partial charge on any atom is -0.485 e. The van der Waals surface area contributed by atoms with Gasteiger partial charge in [0.25, 0.3) is 5.91 Å². The van der Waals surface area contributed by atoms with Gasteiger partial charge in [-0.1, -0.05) is 24.3 Å². The minimum absolute atomic E-state index is 0.0130. The summed E-state index contributed by atoms with van der Waals surface area (Å²) in [5.74, 6) is -0.427. The molecule has 10 nitrogen and oxygen atoms in total. The number of Topliss-reactive ketones (excluding diaryl/α,β-unsaturated/α-hetero) is 1. The molecule has 2 amide bonds.